The molecule has 0 fully saturated rings. The zero-order chi connectivity index (χ0) is 19.1. The average molecular weight is 373 g/mol. The number of carbonyl (C=O) groups excluding carboxylic acids is 1. The number of carbonyl (C=O) groups is 1. The summed E-state index contributed by atoms with van der Waals surface area (Å²) in [5.74, 6) is 1.37. The number of hydrogen-bond acceptors (Lipinski definition) is 4. The minimum atomic E-state index is -0.116. The molecular formula is C21H19N5O2. The monoisotopic (exact) mass is 373 g/mol. The number of rotatable bonds is 4. The van der Waals surface area contributed by atoms with Crippen LogP contribution in [0.4, 0.5) is 5.82 Å². The zero-order valence-electron chi connectivity index (χ0n) is 15.3. The molecule has 0 aliphatic carbocycles. The molecule has 28 heavy (non-hydrogen) atoms. The molecular weight excluding hydrogens is 354 g/mol. The van der Waals surface area contributed by atoms with Crippen LogP contribution in [0.3, 0.4) is 0 Å². The zero-order valence-corrected chi connectivity index (χ0v) is 15.3. The Morgan fingerprint density at radius 3 is 3.04 bits per heavy atom. The van der Waals surface area contributed by atoms with Crippen molar-refractivity contribution in [3.8, 4) is 5.75 Å². The largest absolute Gasteiger partial charge is 0.496 e. The molecule has 1 aliphatic heterocycles. The van der Waals surface area contributed by atoms with E-state index in [1.54, 1.807) is 7.11 Å². The number of pyridine rings is 1. The van der Waals surface area contributed by atoms with Crippen molar-refractivity contribution >= 4 is 22.6 Å². The first-order chi connectivity index (χ1) is 13.7. The van der Waals surface area contributed by atoms with Crippen LogP contribution in [0.1, 0.15) is 29.2 Å². The van der Waals surface area contributed by atoms with Crippen LogP contribution in [0.2, 0.25) is 0 Å². The second kappa shape index (κ2) is 6.53. The Hall–Kier alpha value is -3.61. The second-order valence-electron chi connectivity index (χ2n) is 6.90. The molecule has 0 radical (unpaired) electrons. The van der Waals surface area contributed by atoms with E-state index in [1.165, 1.54) is 0 Å². The number of aromatic amines is 1. The van der Waals surface area contributed by atoms with Crippen LogP contribution in [0.15, 0.2) is 55.0 Å². The molecule has 1 atom stereocenters. The number of H-pyrrole nitrogens is 1. The molecule has 0 saturated heterocycles. The number of nitrogens with one attached hydrogen (secondary N) is 2. The molecule has 4 heterocycles. The van der Waals surface area contributed by atoms with Crippen LogP contribution < -0.4 is 10.1 Å². The first-order valence-corrected chi connectivity index (χ1v) is 9.13. The molecule has 2 N–H and O–H groups in total. The van der Waals surface area contributed by atoms with Gasteiger partial charge in [-0.3, -0.25) is 9.78 Å². The van der Waals surface area contributed by atoms with Crippen molar-refractivity contribution in [3.63, 3.8) is 0 Å². The van der Waals surface area contributed by atoms with Crippen LogP contribution >= 0.6 is 0 Å². The van der Waals surface area contributed by atoms with E-state index in [0.29, 0.717) is 13.0 Å². The fourth-order valence-electron chi connectivity index (χ4n) is 3.81. The highest BCUT2D eigenvalue weighted by atomic mass is 16.5. The van der Waals surface area contributed by atoms with Crippen LogP contribution in [-0.4, -0.2) is 32.8 Å². The SMILES string of the molecule is COc1ccccc1Cn1ncc2c1NC(=O)C[C@H]2c1cc2cc[nH]c2cn1. The van der Waals surface area contributed by atoms with Gasteiger partial charge in [0.2, 0.25) is 5.91 Å². The quantitative estimate of drug-likeness (QED) is 0.575. The van der Waals surface area contributed by atoms with E-state index in [1.807, 2.05) is 59.7 Å². The van der Waals surface area contributed by atoms with Crippen LogP contribution in [0.25, 0.3) is 10.9 Å². The van der Waals surface area contributed by atoms with Gasteiger partial charge >= 0.3 is 0 Å². The van der Waals surface area contributed by atoms with Crippen LogP contribution in [0, 0.1) is 0 Å². The number of anilines is 1. The highest BCUT2D eigenvalue weighted by Crippen LogP contribution is 2.37. The molecule has 1 aliphatic rings. The summed E-state index contributed by atoms with van der Waals surface area (Å²) in [4.78, 5) is 20.2. The third kappa shape index (κ3) is 2.72. The van der Waals surface area contributed by atoms with E-state index in [2.05, 4.69) is 20.4 Å². The number of ether oxygens (including phenoxy) is 1. The van der Waals surface area contributed by atoms with E-state index >= 15 is 0 Å². The number of hydrogen-bond donors (Lipinski definition) is 2. The summed E-state index contributed by atoms with van der Waals surface area (Å²) in [5, 5.41) is 8.61. The van der Waals surface area contributed by atoms with Crippen molar-refractivity contribution in [2.75, 3.05) is 12.4 Å². The Bertz CT molecular complexity index is 1180. The van der Waals surface area contributed by atoms with Gasteiger partial charge in [0.1, 0.15) is 11.6 Å². The first kappa shape index (κ1) is 16.6. The summed E-state index contributed by atoms with van der Waals surface area (Å²) in [6, 6.07) is 11.9. The van der Waals surface area contributed by atoms with Gasteiger partial charge in [-0.15, -0.1) is 0 Å². The smallest absolute Gasteiger partial charge is 0.226 e. The molecule has 3 aromatic heterocycles. The first-order valence-electron chi connectivity index (χ1n) is 9.13. The van der Waals surface area contributed by atoms with Crippen molar-refractivity contribution < 1.29 is 9.53 Å². The fraction of sp³-hybridized carbons (Fsp3) is 0.190. The molecule has 5 rings (SSSR count). The van der Waals surface area contributed by atoms with Crippen molar-refractivity contribution in [3.05, 3.63) is 71.8 Å². The maximum atomic E-state index is 12.4. The predicted octanol–water partition coefficient (Wildman–Crippen LogP) is 3.29. The van der Waals surface area contributed by atoms with Gasteiger partial charge in [-0.2, -0.15) is 5.10 Å². The number of nitrogens with zero attached hydrogens (tertiary/aromatic N) is 3. The Labute approximate surface area is 161 Å². The number of amides is 1. The van der Waals surface area contributed by atoms with Crippen molar-refractivity contribution in [2.45, 2.75) is 18.9 Å². The van der Waals surface area contributed by atoms with Gasteiger partial charge in [-0.25, -0.2) is 4.68 Å². The Morgan fingerprint density at radius 2 is 2.14 bits per heavy atom. The molecule has 7 heteroatoms. The number of methoxy groups -OCH3 is 1. The Morgan fingerprint density at radius 1 is 1.25 bits per heavy atom. The van der Waals surface area contributed by atoms with Gasteiger partial charge < -0.3 is 15.0 Å². The fourth-order valence-corrected chi connectivity index (χ4v) is 3.81. The van der Waals surface area contributed by atoms with E-state index in [0.717, 1.165) is 39.3 Å². The van der Waals surface area contributed by atoms with E-state index < -0.39 is 0 Å². The van der Waals surface area contributed by atoms with Crippen molar-refractivity contribution in [1.82, 2.24) is 19.7 Å². The molecule has 0 unspecified atom stereocenters. The van der Waals surface area contributed by atoms with Crippen LogP contribution in [-0.2, 0) is 11.3 Å². The molecule has 140 valence electrons. The lowest BCUT2D eigenvalue weighted by Gasteiger charge is -2.23. The lowest BCUT2D eigenvalue weighted by Crippen LogP contribution is -2.25. The summed E-state index contributed by atoms with van der Waals surface area (Å²) < 4.78 is 7.25. The summed E-state index contributed by atoms with van der Waals surface area (Å²) in [7, 11) is 1.65. The van der Waals surface area contributed by atoms with Gasteiger partial charge in [0.15, 0.2) is 0 Å². The normalized spacial score (nSPS) is 16.0. The Balaban J connectivity index is 1.54. The highest BCUT2D eigenvalue weighted by Gasteiger charge is 2.31. The summed E-state index contributed by atoms with van der Waals surface area (Å²) in [6.45, 7) is 0.511. The number of benzene rings is 1. The third-order valence-electron chi connectivity index (χ3n) is 5.22. The summed E-state index contributed by atoms with van der Waals surface area (Å²) >= 11 is 0. The molecule has 1 amide bonds. The minimum absolute atomic E-state index is 0.0322. The van der Waals surface area contributed by atoms with Gasteiger partial charge in [0, 0.05) is 40.7 Å². The summed E-state index contributed by atoms with van der Waals surface area (Å²) in [5.41, 5.74) is 3.84. The summed E-state index contributed by atoms with van der Waals surface area (Å²) in [6.07, 6.45) is 5.89. The van der Waals surface area contributed by atoms with E-state index in [9.17, 15) is 4.79 Å². The third-order valence-corrected chi connectivity index (χ3v) is 5.22. The average Bonchev–Trinajstić information content (AvgIpc) is 3.34. The number of aromatic nitrogens is 4. The highest BCUT2D eigenvalue weighted by molar-refractivity contribution is 5.94. The molecule has 4 aromatic rings. The lowest BCUT2D eigenvalue weighted by atomic mass is 9.90. The predicted molar refractivity (Wildman–Crippen MR) is 106 cm³/mol. The van der Waals surface area contributed by atoms with Crippen molar-refractivity contribution in [1.29, 1.82) is 0 Å². The molecule has 1 aromatic carbocycles. The van der Waals surface area contributed by atoms with E-state index in [-0.39, 0.29) is 11.8 Å². The van der Waals surface area contributed by atoms with Gasteiger partial charge in [0.25, 0.3) is 0 Å². The Kier molecular flexibility index (Phi) is 3.86. The van der Waals surface area contributed by atoms with Gasteiger partial charge in [-0.05, 0) is 18.2 Å². The van der Waals surface area contributed by atoms with Crippen LogP contribution in [0.5, 0.6) is 5.75 Å². The maximum Gasteiger partial charge on any atom is 0.226 e. The molecule has 7 nitrogen and oxygen atoms in total. The van der Waals surface area contributed by atoms with Gasteiger partial charge in [-0.1, -0.05) is 18.2 Å². The lowest BCUT2D eigenvalue weighted by molar-refractivity contribution is -0.116. The second-order valence-corrected chi connectivity index (χ2v) is 6.90. The minimum Gasteiger partial charge on any atom is -0.496 e. The van der Waals surface area contributed by atoms with E-state index in [4.69, 9.17) is 4.74 Å². The number of para-hydroxylation sites is 1. The number of fused-ring (bicyclic) bond motifs is 2. The standard InChI is InChI=1S/C21H19N5O2/c1-28-19-5-3-2-4-14(19)12-26-21-16(10-24-26)15(9-20(27)25-21)17-8-13-6-7-22-18(13)11-23-17/h2-8,10-11,15,22H,9,12H2,1H3,(H,25,27)/t15-/m1/s1. The maximum absolute atomic E-state index is 12.4. The van der Waals surface area contributed by atoms with Crippen molar-refractivity contribution in [2.24, 2.45) is 0 Å². The molecule has 0 bridgehead atoms. The van der Waals surface area contributed by atoms with Gasteiger partial charge in [0.05, 0.1) is 31.6 Å². The molecule has 0 spiro atoms. The topological polar surface area (TPSA) is 84.8 Å². The molecule has 0 saturated carbocycles.